The van der Waals surface area contributed by atoms with E-state index in [0.717, 1.165) is 6.07 Å². The van der Waals surface area contributed by atoms with Crippen LogP contribution in [0.25, 0.3) is 0 Å². The number of sulfonamides is 1. The van der Waals surface area contributed by atoms with Crippen LogP contribution >= 0.6 is 55.1 Å². The van der Waals surface area contributed by atoms with Crippen LogP contribution in [-0.4, -0.2) is 8.42 Å². The zero-order chi connectivity index (χ0) is 15.8. The molecule has 0 saturated carbocycles. The Kier molecular flexibility index (Phi) is 5.20. The molecule has 2 aromatic rings. The van der Waals surface area contributed by atoms with Crippen LogP contribution in [0, 0.1) is 5.82 Å². The molecule has 0 heterocycles. The number of anilines is 1. The van der Waals surface area contributed by atoms with E-state index < -0.39 is 15.8 Å². The second kappa shape index (κ2) is 6.42. The summed E-state index contributed by atoms with van der Waals surface area (Å²) in [5.74, 6) is -0.717. The Morgan fingerprint density at radius 2 is 1.57 bits per heavy atom. The second-order valence-corrected chi connectivity index (χ2v) is 8.19. The van der Waals surface area contributed by atoms with E-state index in [2.05, 4.69) is 36.6 Å². The van der Waals surface area contributed by atoms with Crippen molar-refractivity contribution in [1.82, 2.24) is 0 Å². The van der Waals surface area contributed by atoms with Crippen molar-refractivity contribution in [2.24, 2.45) is 0 Å². The van der Waals surface area contributed by atoms with Crippen LogP contribution in [0.3, 0.4) is 0 Å². The molecular formula is C12H6Br2Cl2FNO2S. The fraction of sp³-hybridized carbons (Fsp3) is 0. The number of nitrogens with one attached hydrogen (secondary N) is 1. The van der Waals surface area contributed by atoms with Crippen molar-refractivity contribution in [3.8, 4) is 0 Å². The minimum Gasteiger partial charge on any atom is -0.277 e. The summed E-state index contributed by atoms with van der Waals surface area (Å²) >= 11 is 18.1. The van der Waals surface area contributed by atoms with Gasteiger partial charge < -0.3 is 0 Å². The monoisotopic (exact) mass is 475 g/mol. The lowest BCUT2D eigenvalue weighted by Crippen LogP contribution is -2.15. The Morgan fingerprint density at radius 3 is 2.14 bits per heavy atom. The Hall–Kier alpha value is -0.340. The van der Waals surface area contributed by atoms with Gasteiger partial charge in [-0.3, -0.25) is 4.72 Å². The SMILES string of the molecule is O=S(=O)(Nc1cc(Br)ccc1F)c1c(Cl)cc(Br)cc1Cl. The maximum atomic E-state index is 13.7. The highest BCUT2D eigenvalue weighted by molar-refractivity contribution is 9.10. The Balaban J connectivity index is 2.51. The third kappa shape index (κ3) is 3.90. The molecule has 0 radical (unpaired) electrons. The molecule has 1 N–H and O–H groups in total. The van der Waals surface area contributed by atoms with Gasteiger partial charge in [-0.25, -0.2) is 12.8 Å². The van der Waals surface area contributed by atoms with Crippen molar-refractivity contribution in [2.75, 3.05) is 4.72 Å². The van der Waals surface area contributed by atoms with Crippen LogP contribution in [0.4, 0.5) is 10.1 Å². The first-order valence-electron chi connectivity index (χ1n) is 5.33. The average Bonchev–Trinajstić information content (AvgIpc) is 2.31. The van der Waals surface area contributed by atoms with E-state index in [9.17, 15) is 12.8 Å². The number of hydrogen-bond acceptors (Lipinski definition) is 2. The molecule has 0 saturated heterocycles. The standard InChI is InChI=1S/C12H6Br2Cl2FNO2S/c13-6-1-2-10(17)11(5-6)18-21(19,20)12-8(15)3-7(14)4-9(12)16/h1-5,18H. The molecule has 9 heteroatoms. The predicted octanol–water partition coefficient (Wildman–Crippen LogP) is 5.46. The first-order valence-corrected chi connectivity index (χ1v) is 9.15. The zero-order valence-electron chi connectivity index (χ0n) is 10.0. The Labute approximate surface area is 147 Å². The van der Waals surface area contributed by atoms with Crippen molar-refractivity contribution in [1.29, 1.82) is 0 Å². The molecule has 21 heavy (non-hydrogen) atoms. The van der Waals surface area contributed by atoms with Gasteiger partial charge in [0.2, 0.25) is 0 Å². The van der Waals surface area contributed by atoms with E-state index in [1.165, 1.54) is 24.3 Å². The van der Waals surface area contributed by atoms with E-state index in [4.69, 9.17) is 23.2 Å². The topological polar surface area (TPSA) is 46.2 Å². The molecule has 0 fully saturated rings. The molecule has 0 amide bonds. The fourth-order valence-electron chi connectivity index (χ4n) is 1.56. The molecule has 0 bridgehead atoms. The molecule has 0 aromatic heterocycles. The molecule has 0 aliphatic rings. The van der Waals surface area contributed by atoms with E-state index in [1.807, 2.05) is 0 Å². The fourth-order valence-corrected chi connectivity index (χ4v) is 4.92. The van der Waals surface area contributed by atoms with Crippen LogP contribution in [0.5, 0.6) is 0 Å². The van der Waals surface area contributed by atoms with Gasteiger partial charge in [0.15, 0.2) is 0 Å². The van der Waals surface area contributed by atoms with E-state index in [1.54, 1.807) is 0 Å². The average molecular weight is 478 g/mol. The van der Waals surface area contributed by atoms with Crippen LogP contribution in [-0.2, 0) is 10.0 Å². The molecule has 3 nitrogen and oxygen atoms in total. The van der Waals surface area contributed by atoms with Gasteiger partial charge in [0.25, 0.3) is 10.0 Å². The minimum atomic E-state index is -4.13. The maximum Gasteiger partial charge on any atom is 0.264 e. The number of rotatable bonds is 3. The van der Waals surface area contributed by atoms with Gasteiger partial charge in [-0.2, -0.15) is 0 Å². The van der Waals surface area contributed by atoms with E-state index in [0.29, 0.717) is 8.95 Å². The maximum absolute atomic E-state index is 13.7. The van der Waals surface area contributed by atoms with Gasteiger partial charge in [0.05, 0.1) is 15.7 Å². The summed E-state index contributed by atoms with van der Waals surface area (Å²) in [6, 6.07) is 6.66. The lowest BCUT2D eigenvalue weighted by atomic mass is 10.3. The van der Waals surface area contributed by atoms with E-state index >= 15 is 0 Å². The summed E-state index contributed by atoms with van der Waals surface area (Å²) in [6.07, 6.45) is 0. The molecule has 0 atom stereocenters. The summed E-state index contributed by atoms with van der Waals surface area (Å²) in [4.78, 5) is -0.312. The zero-order valence-corrected chi connectivity index (χ0v) is 15.5. The summed E-state index contributed by atoms with van der Waals surface area (Å²) in [6.45, 7) is 0. The first-order chi connectivity index (χ1) is 9.70. The molecule has 0 aliphatic carbocycles. The second-order valence-electron chi connectivity index (χ2n) is 3.93. The summed E-state index contributed by atoms with van der Waals surface area (Å²) < 4.78 is 41.5. The molecule has 0 aliphatic heterocycles. The van der Waals surface area contributed by atoms with Gasteiger partial charge in [-0.05, 0) is 30.3 Å². The number of hydrogen-bond donors (Lipinski definition) is 1. The van der Waals surface area contributed by atoms with Crippen molar-refractivity contribution in [2.45, 2.75) is 4.90 Å². The lowest BCUT2D eigenvalue weighted by molar-refractivity contribution is 0.598. The summed E-state index contributed by atoms with van der Waals surface area (Å²) in [5.41, 5.74) is -0.209. The molecule has 0 unspecified atom stereocenters. The third-order valence-electron chi connectivity index (χ3n) is 2.40. The molecular weight excluding hydrogens is 472 g/mol. The van der Waals surface area contributed by atoms with Gasteiger partial charge in [-0.15, -0.1) is 0 Å². The molecule has 0 spiro atoms. The van der Waals surface area contributed by atoms with Crippen molar-refractivity contribution in [3.63, 3.8) is 0 Å². The first kappa shape index (κ1) is 17.0. The van der Waals surface area contributed by atoms with Crippen molar-refractivity contribution in [3.05, 3.63) is 55.1 Å². The van der Waals surface area contributed by atoms with Gasteiger partial charge >= 0.3 is 0 Å². The van der Waals surface area contributed by atoms with Gasteiger partial charge in [0.1, 0.15) is 10.7 Å². The van der Waals surface area contributed by atoms with Gasteiger partial charge in [0, 0.05) is 8.95 Å². The minimum absolute atomic E-state index is 0.0720. The van der Waals surface area contributed by atoms with Crippen LogP contribution < -0.4 is 4.72 Å². The van der Waals surface area contributed by atoms with Crippen molar-refractivity contribution < 1.29 is 12.8 Å². The van der Waals surface area contributed by atoms with Crippen LogP contribution in [0.2, 0.25) is 10.0 Å². The highest BCUT2D eigenvalue weighted by atomic mass is 79.9. The Bertz CT molecular complexity index is 792. The highest BCUT2D eigenvalue weighted by Gasteiger charge is 2.23. The van der Waals surface area contributed by atoms with Gasteiger partial charge in [-0.1, -0.05) is 55.1 Å². The Morgan fingerprint density at radius 1 is 1.00 bits per heavy atom. The molecule has 2 rings (SSSR count). The molecule has 2 aromatic carbocycles. The highest BCUT2D eigenvalue weighted by Crippen LogP contribution is 2.34. The third-order valence-corrected chi connectivity index (χ3v) is 5.64. The summed E-state index contributed by atoms with van der Waals surface area (Å²) in [5, 5.41) is -0.144. The smallest absolute Gasteiger partial charge is 0.264 e. The quantitative estimate of drug-likeness (QED) is 0.638. The number of halogens is 5. The summed E-state index contributed by atoms with van der Waals surface area (Å²) in [7, 11) is -4.13. The van der Waals surface area contributed by atoms with Crippen molar-refractivity contribution >= 4 is 70.8 Å². The van der Waals surface area contributed by atoms with Crippen LogP contribution in [0.15, 0.2) is 44.2 Å². The lowest BCUT2D eigenvalue weighted by Gasteiger charge is -2.12. The number of benzene rings is 2. The molecule has 112 valence electrons. The largest absolute Gasteiger partial charge is 0.277 e. The van der Waals surface area contributed by atoms with Crippen LogP contribution in [0.1, 0.15) is 0 Å². The normalized spacial score (nSPS) is 11.5. The van der Waals surface area contributed by atoms with E-state index in [-0.39, 0.29) is 20.6 Å². The predicted molar refractivity (Wildman–Crippen MR) is 89.1 cm³/mol.